The SMILES string of the molecule is Cc1cccnc1C(=O)N1CCC[C@@H]1CCc1cncc(-c2c(C)noc2C)n1. The lowest BCUT2D eigenvalue weighted by atomic mass is 10.1. The van der Waals surface area contributed by atoms with Crippen LogP contribution in [0.2, 0.25) is 0 Å². The molecule has 150 valence electrons. The van der Waals surface area contributed by atoms with Crippen molar-refractivity contribution in [2.75, 3.05) is 6.54 Å². The maximum atomic E-state index is 13.0. The number of carbonyl (C=O) groups excluding carboxylic acids is 1. The molecule has 0 spiro atoms. The van der Waals surface area contributed by atoms with E-state index >= 15 is 0 Å². The zero-order valence-corrected chi connectivity index (χ0v) is 17.1. The predicted octanol–water partition coefficient (Wildman–Crippen LogP) is 3.69. The van der Waals surface area contributed by atoms with E-state index in [1.54, 1.807) is 18.6 Å². The molecule has 0 N–H and O–H groups in total. The van der Waals surface area contributed by atoms with Gasteiger partial charge in [0.2, 0.25) is 0 Å². The fraction of sp³-hybridized carbons (Fsp3) is 0.409. The molecule has 0 aromatic carbocycles. The molecule has 1 amide bonds. The largest absolute Gasteiger partial charge is 0.361 e. The van der Waals surface area contributed by atoms with Crippen LogP contribution < -0.4 is 0 Å². The molecule has 29 heavy (non-hydrogen) atoms. The van der Waals surface area contributed by atoms with Gasteiger partial charge in [0.25, 0.3) is 5.91 Å². The van der Waals surface area contributed by atoms with E-state index in [0.717, 1.165) is 66.2 Å². The number of aromatic nitrogens is 4. The van der Waals surface area contributed by atoms with Gasteiger partial charge in [0, 0.05) is 25.0 Å². The van der Waals surface area contributed by atoms with Gasteiger partial charge in [0.05, 0.1) is 28.8 Å². The Morgan fingerprint density at radius 3 is 2.90 bits per heavy atom. The van der Waals surface area contributed by atoms with Gasteiger partial charge in [-0.1, -0.05) is 11.2 Å². The summed E-state index contributed by atoms with van der Waals surface area (Å²) in [5, 5.41) is 4.00. The Morgan fingerprint density at radius 1 is 1.28 bits per heavy atom. The van der Waals surface area contributed by atoms with Crippen molar-refractivity contribution in [2.45, 2.75) is 52.5 Å². The number of hydrogen-bond donors (Lipinski definition) is 0. The fourth-order valence-electron chi connectivity index (χ4n) is 4.06. The Bertz CT molecular complexity index is 1010. The normalized spacial score (nSPS) is 16.4. The second-order valence-corrected chi connectivity index (χ2v) is 7.60. The molecule has 7 heteroatoms. The van der Waals surface area contributed by atoms with Gasteiger partial charge in [-0.15, -0.1) is 0 Å². The molecule has 0 radical (unpaired) electrons. The molecule has 3 aromatic heterocycles. The maximum absolute atomic E-state index is 13.0. The summed E-state index contributed by atoms with van der Waals surface area (Å²) in [6.07, 6.45) is 8.87. The third kappa shape index (κ3) is 3.90. The van der Waals surface area contributed by atoms with E-state index in [-0.39, 0.29) is 11.9 Å². The number of aryl methyl sites for hydroxylation is 4. The smallest absolute Gasteiger partial charge is 0.272 e. The Morgan fingerprint density at radius 2 is 2.14 bits per heavy atom. The highest BCUT2D eigenvalue weighted by atomic mass is 16.5. The molecule has 0 unspecified atom stereocenters. The second-order valence-electron chi connectivity index (χ2n) is 7.60. The summed E-state index contributed by atoms with van der Waals surface area (Å²) in [6.45, 7) is 6.50. The lowest BCUT2D eigenvalue weighted by Crippen LogP contribution is -2.36. The molecule has 1 fully saturated rings. The summed E-state index contributed by atoms with van der Waals surface area (Å²) in [7, 11) is 0. The highest BCUT2D eigenvalue weighted by Gasteiger charge is 2.30. The van der Waals surface area contributed by atoms with Crippen LogP contribution in [-0.2, 0) is 6.42 Å². The number of nitrogens with zero attached hydrogens (tertiary/aromatic N) is 5. The van der Waals surface area contributed by atoms with Crippen LogP contribution in [0.1, 0.15) is 52.5 Å². The highest BCUT2D eigenvalue weighted by Crippen LogP contribution is 2.26. The Balaban J connectivity index is 1.47. The van der Waals surface area contributed by atoms with Crippen LogP contribution in [0, 0.1) is 20.8 Å². The number of pyridine rings is 1. The molecule has 4 heterocycles. The van der Waals surface area contributed by atoms with Crippen molar-refractivity contribution in [3.8, 4) is 11.3 Å². The van der Waals surface area contributed by atoms with Crippen molar-refractivity contribution in [3.63, 3.8) is 0 Å². The lowest BCUT2D eigenvalue weighted by Gasteiger charge is -2.25. The van der Waals surface area contributed by atoms with Gasteiger partial charge >= 0.3 is 0 Å². The van der Waals surface area contributed by atoms with Gasteiger partial charge in [-0.2, -0.15) is 0 Å². The monoisotopic (exact) mass is 391 g/mol. The molecule has 1 atom stereocenters. The van der Waals surface area contributed by atoms with E-state index in [1.807, 2.05) is 37.8 Å². The standard InChI is InChI=1S/C22H25N5O2/c1-14-6-4-10-24-21(14)22(28)27-11-5-7-18(27)9-8-17-12-23-13-19(25-17)20-15(2)26-29-16(20)3/h4,6,10,12-13,18H,5,7-9,11H2,1-3H3/t18-/m1/s1. The summed E-state index contributed by atoms with van der Waals surface area (Å²) < 4.78 is 5.26. The summed E-state index contributed by atoms with van der Waals surface area (Å²) >= 11 is 0. The fourth-order valence-corrected chi connectivity index (χ4v) is 4.06. The van der Waals surface area contributed by atoms with Crippen LogP contribution in [0.15, 0.2) is 35.2 Å². The molecule has 0 aliphatic carbocycles. The summed E-state index contributed by atoms with van der Waals surface area (Å²) in [5.41, 5.74) is 4.88. The first-order valence-corrected chi connectivity index (χ1v) is 10.0. The molecule has 1 aliphatic rings. The van der Waals surface area contributed by atoms with Crippen LogP contribution in [0.4, 0.5) is 0 Å². The molecule has 4 rings (SSSR count). The average Bonchev–Trinajstić information content (AvgIpc) is 3.32. The lowest BCUT2D eigenvalue weighted by molar-refractivity contribution is 0.0723. The Labute approximate surface area is 170 Å². The minimum absolute atomic E-state index is 0.0288. The summed E-state index contributed by atoms with van der Waals surface area (Å²) in [4.78, 5) is 28.4. The minimum Gasteiger partial charge on any atom is -0.361 e. The first kappa shape index (κ1) is 19.2. The quantitative estimate of drug-likeness (QED) is 0.659. The predicted molar refractivity (Wildman–Crippen MR) is 108 cm³/mol. The van der Waals surface area contributed by atoms with E-state index in [2.05, 4.69) is 15.1 Å². The Hall–Kier alpha value is -3.09. The van der Waals surface area contributed by atoms with Crippen molar-refractivity contribution in [1.82, 2.24) is 25.0 Å². The van der Waals surface area contributed by atoms with E-state index in [9.17, 15) is 4.79 Å². The molecular formula is C22H25N5O2. The van der Waals surface area contributed by atoms with Crippen molar-refractivity contribution in [3.05, 3.63) is 59.1 Å². The van der Waals surface area contributed by atoms with Crippen LogP contribution in [0.3, 0.4) is 0 Å². The van der Waals surface area contributed by atoms with Gasteiger partial charge < -0.3 is 9.42 Å². The second kappa shape index (κ2) is 8.11. The molecular weight excluding hydrogens is 366 g/mol. The minimum atomic E-state index is 0.0288. The van der Waals surface area contributed by atoms with Gasteiger partial charge in [0.15, 0.2) is 0 Å². The molecule has 7 nitrogen and oxygen atoms in total. The summed E-state index contributed by atoms with van der Waals surface area (Å²) in [5.74, 6) is 0.772. The third-order valence-electron chi connectivity index (χ3n) is 5.56. The van der Waals surface area contributed by atoms with Crippen LogP contribution in [0.25, 0.3) is 11.3 Å². The zero-order chi connectivity index (χ0) is 20.4. The van der Waals surface area contributed by atoms with E-state index in [1.165, 1.54) is 0 Å². The maximum Gasteiger partial charge on any atom is 0.272 e. The number of hydrogen-bond acceptors (Lipinski definition) is 6. The molecule has 1 saturated heterocycles. The van der Waals surface area contributed by atoms with Gasteiger partial charge in [-0.05, 0) is 58.1 Å². The number of carbonyl (C=O) groups is 1. The molecule has 0 saturated carbocycles. The number of rotatable bonds is 5. The number of likely N-dealkylation sites (tertiary alicyclic amines) is 1. The van der Waals surface area contributed by atoms with Crippen LogP contribution in [0.5, 0.6) is 0 Å². The topological polar surface area (TPSA) is 85.0 Å². The summed E-state index contributed by atoms with van der Waals surface area (Å²) in [6, 6.07) is 3.99. The van der Waals surface area contributed by atoms with E-state index in [0.29, 0.717) is 5.69 Å². The van der Waals surface area contributed by atoms with Crippen LogP contribution in [-0.4, -0.2) is 43.5 Å². The highest BCUT2D eigenvalue weighted by molar-refractivity contribution is 5.94. The van der Waals surface area contributed by atoms with Gasteiger partial charge in [0.1, 0.15) is 11.5 Å². The molecule has 1 aliphatic heterocycles. The Kier molecular flexibility index (Phi) is 5.38. The number of amides is 1. The van der Waals surface area contributed by atoms with Crippen molar-refractivity contribution < 1.29 is 9.32 Å². The first-order chi connectivity index (χ1) is 14.0. The molecule has 0 bridgehead atoms. The van der Waals surface area contributed by atoms with Crippen molar-refractivity contribution >= 4 is 5.91 Å². The van der Waals surface area contributed by atoms with Crippen LogP contribution >= 0.6 is 0 Å². The first-order valence-electron chi connectivity index (χ1n) is 10.0. The van der Waals surface area contributed by atoms with E-state index < -0.39 is 0 Å². The molecule has 3 aromatic rings. The van der Waals surface area contributed by atoms with E-state index in [4.69, 9.17) is 9.51 Å². The van der Waals surface area contributed by atoms with Crippen molar-refractivity contribution in [1.29, 1.82) is 0 Å². The van der Waals surface area contributed by atoms with Gasteiger partial charge in [-0.25, -0.2) is 4.98 Å². The zero-order valence-electron chi connectivity index (χ0n) is 17.1. The van der Waals surface area contributed by atoms with Crippen molar-refractivity contribution in [2.24, 2.45) is 0 Å². The average molecular weight is 391 g/mol. The third-order valence-corrected chi connectivity index (χ3v) is 5.56. The van der Waals surface area contributed by atoms with Gasteiger partial charge in [-0.3, -0.25) is 14.8 Å².